The molecule has 1 aliphatic heterocycles. The lowest BCUT2D eigenvalue weighted by molar-refractivity contribution is 0.215. The third-order valence-electron chi connectivity index (χ3n) is 5.60. The molecule has 0 aliphatic carbocycles. The quantitative estimate of drug-likeness (QED) is 0.625. The van der Waals surface area contributed by atoms with Crippen LogP contribution in [-0.4, -0.2) is 43.2 Å². The van der Waals surface area contributed by atoms with Crippen molar-refractivity contribution in [1.29, 1.82) is 0 Å². The number of ether oxygens (including phenoxy) is 2. The molecule has 1 N–H and O–H groups in total. The van der Waals surface area contributed by atoms with E-state index in [9.17, 15) is 4.79 Å². The highest BCUT2D eigenvalue weighted by Crippen LogP contribution is 2.35. The Morgan fingerprint density at radius 1 is 1.00 bits per heavy atom. The highest BCUT2D eigenvalue weighted by Gasteiger charge is 2.24. The molecule has 170 valence electrons. The van der Waals surface area contributed by atoms with E-state index in [1.807, 2.05) is 63.2 Å². The highest BCUT2D eigenvalue weighted by atomic mass is 16.5. The van der Waals surface area contributed by atoms with Crippen LogP contribution < -0.4 is 14.8 Å². The normalized spacial score (nSPS) is 13.0. The molecule has 1 aliphatic rings. The maximum absolute atomic E-state index is 12.6. The van der Waals surface area contributed by atoms with E-state index in [-0.39, 0.29) is 6.03 Å². The van der Waals surface area contributed by atoms with E-state index in [4.69, 9.17) is 19.1 Å². The zero-order valence-electron chi connectivity index (χ0n) is 19.5. The van der Waals surface area contributed by atoms with Crippen LogP contribution >= 0.6 is 0 Å². The summed E-state index contributed by atoms with van der Waals surface area (Å²) < 4.78 is 16.3. The van der Waals surface area contributed by atoms with Crippen LogP contribution in [0.5, 0.6) is 11.5 Å². The standard InChI is InChI=1S/C25H26N4O4/c1-14-11-19-12-21(31-5)22(32-6)13-20(19)24(27-29(14)25(30)26-4)18-9-7-17(8-10-18)23-15(2)28-33-16(23)3/h7-13H,1-6H3,(H,26,30). The van der Waals surface area contributed by atoms with E-state index >= 15 is 0 Å². The molecule has 2 heterocycles. The molecule has 8 heteroatoms. The summed E-state index contributed by atoms with van der Waals surface area (Å²) in [5.41, 5.74) is 6.64. The van der Waals surface area contributed by atoms with Gasteiger partial charge in [-0.1, -0.05) is 29.4 Å². The van der Waals surface area contributed by atoms with Crippen LogP contribution in [0.2, 0.25) is 0 Å². The second-order valence-corrected chi connectivity index (χ2v) is 7.67. The summed E-state index contributed by atoms with van der Waals surface area (Å²) in [7, 11) is 4.76. The Kier molecular flexibility index (Phi) is 5.91. The summed E-state index contributed by atoms with van der Waals surface area (Å²) in [6, 6.07) is 11.4. The lowest BCUT2D eigenvalue weighted by Gasteiger charge is -2.17. The van der Waals surface area contributed by atoms with Crippen molar-refractivity contribution in [3.63, 3.8) is 0 Å². The number of methoxy groups -OCH3 is 2. The Morgan fingerprint density at radius 2 is 1.64 bits per heavy atom. The first-order valence-electron chi connectivity index (χ1n) is 10.5. The summed E-state index contributed by atoms with van der Waals surface area (Å²) in [5.74, 6) is 1.94. The Hall–Kier alpha value is -4.07. The number of fused-ring (bicyclic) bond motifs is 1. The highest BCUT2D eigenvalue weighted by molar-refractivity contribution is 6.16. The van der Waals surface area contributed by atoms with E-state index in [2.05, 4.69) is 10.5 Å². The lowest BCUT2D eigenvalue weighted by Crippen LogP contribution is -2.33. The number of nitrogens with zero attached hydrogens (tertiary/aromatic N) is 3. The van der Waals surface area contributed by atoms with Gasteiger partial charge in [-0.2, -0.15) is 10.1 Å². The van der Waals surface area contributed by atoms with Crippen molar-refractivity contribution in [2.45, 2.75) is 20.8 Å². The van der Waals surface area contributed by atoms with Crippen molar-refractivity contribution < 1.29 is 18.8 Å². The molecule has 2 aromatic carbocycles. The van der Waals surface area contributed by atoms with Crippen LogP contribution in [-0.2, 0) is 0 Å². The average Bonchev–Trinajstić information content (AvgIpc) is 3.09. The third-order valence-corrected chi connectivity index (χ3v) is 5.60. The summed E-state index contributed by atoms with van der Waals surface area (Å²) in [6.45, 7) is 5.65. The summed E-state index contributed by atoms with van der Waals surface area (Å²) in [6.07, 6.45) is 1.90. The van der Waals surface area contributed by atoms with Crippen LogP contribution in [0.3, 0.4) is 0 Å². The Morgan fingerprint density at radius 3 is 2.21 bits per heavy atom. The SMILES string of the molecule is CNC(=O)N1N=C(c2ccc(-c3c(C)noc3C)cc2)c2cc(OC)c(OC)cc2C=C1C. The minimum atomic E-state index is -0.333. The molecule has 33 heavy (non-hydrogen) atoms. The number of hydrazone groups is 1. The summed E-state index contributed by atoms with van der Waals surface area (Å²) in [5, 5.41) is 12.8. The molecule has 8 nitrogen and oxygen atoms in total. The van der Waals surface area contributed by atoms with Crippen LogP contribution in [0, 0.1) is 13.8 Å². The number of rotatable bonds is 4. The van der Waals surface area contributed by atoms with Crippen molar-refractivity contribution in [3.05, 3.63) is 70.2 Å². The fourth-order valence-corrected chi connectivity index (χ4v) is 3.95. The maximum Gasteiger partial charge on any atom is 0.342 e. The zero-order valence-corrected chi connectivity index (χ0v) is 19.5. The van der Waals surface area contributed by atoms with Gasteiger partial charge >= 0.3 is 6.03 Å². The van der Waals surface area contributed by atoms with Gasteiger partial charge in [0.1, 0.15) is 5.76 Å². The van der Waals surface area contributed by atoms with Crippen LogP contribution in [0.4, 0.5) is 4.79 Å². The molecule has 0 fully saturated rings. The number of aromatic nitrogens is 1. The van der Waals surface area contributed by atoms with Gasteiger partial charge < -0.3 is 19.3 Å². The van der Waals surface area contributed by atoms with Crippen molar-refractivity contribution in [1.82, 2.24) is 15.5 Å². The van der Waals surface area contributed by atoms with E-state index in [0.29, 0.717) is 22.9 Å². The van der Waals surface area contributed by atoms with Gasteiger partial charge in [-0.3, -0.25) is 0 Å². The summed E-state index contributed by atoms with van der Waals surface area (Å²) >= 11 is 0. The number of nitrogens with one attached hydrogen (secondary N) is 1. The van der Waals surface area contributed by atoms with Gasteiger partial charge in [0.15, 0.2) is 11.5 Å². The van der Waals surface area contributed by atoms with Gasteiger partial charge in [-0.15, -0.1) is 0 Å². The molecule has 3 aromatic rings. The van der Waals surface area contributed by atoms with Crippen LogP contribution in [0.1, 0.15) is 35.1 Å². The number of amides is 2. The minimum Gasteiger partial charge on any atom is -0.493 e. The fourth-order valence-electron chi connectivity index (χ4n) is 3.95. The number of benzene rings is 2. The van der Waals surface area contributed by atoms with Gasteiger partial charge in [0, 0.05) is 29.4 Å². The van der Waals surface area contributed by atoms with Gasteiger partial charge in [0.2, 0.25) is 0 Å². The second kappa shape index (κ2) is 8.82. The number of allylic oxidation sites excluding steroid dienone is 1. The average molecular weight is 447 g/mol. The first-order valence-corrected chi connectivity index (χ1v) is 10.5. The van der Waals surface area contributed by atoms with E-state index < -0.39 is 0 Å². The maximum atomic E-state index is 12.6. The van der Waals surface area contributed by atoms with Crippen molar-refractivity contribution in [2.24, 2.45) is 5.10 Å². The van der Waals surface area contributed by atoms with Gasteiger partial charge in [0.05, 0.1) is 25.6 Å². The van der Waals surface area contributed by atoms with Crippen molar-refractivity contribution >= 4 is 17.8 Å². The molecule has 0 unspecified atom stereocenters. The fraction of sp³-hybridized carbons (Fsp3) is 0.240. The third kappa shape index (κ3) is 3.95. The second-order valence-electron chi connectivity index (χ2n) is 7.67. The van der Waals surface area contributed by atoms with Crippen LogP contribution in [0.15, 0.2) is 51.7 Å². The molecule has 0 bridgehead atoms. The number of aryl methyl sites for hydroxylation is 2. The molecule has 0 saturated carbocycles. The van der Waals surface area contributed by atoms with Gasteiger partial charge in [0.25, 0.3) is 0 Å². The summed E-state index contributed by atoms with van der Waals surface area (Å²) in [4.78, 5) is 12.6. The Balaban J connectivity index is 1.89. The number of carbonyl (C=O) groups is 1. The number of hydrogen-bond acceptors (Lipinski definition) is 6. The van der Waals surface area contributed by atoms with E-state index in [1.165, 1.54) is 5.01 Å². The Labute approximate surface area is 192 Å². The molecular weight excluding hydrogens is 420 g/mol. The molecule has 0 spiro atoms. The smallest absolute Gasteiger partial charge is 0.342 e. The molecule has 2 amide bonds. The first kappa shape index (κ1) is 22.1. The molecular formula is C25H26N4O4. The number of urea groups is 1. The molecule has 0 atom stereocenters. The monoisotopic (exact) mass is 446 g/mol. The van der Waals surface area contributed by atoms with E-state index in [0.717, 1.165) is 39.3 Å². The van der Waals surface area contributed by atoms with Crippen molar-refractivity contribution in [3.8, 4) is 22.6 Å². The van der Waals surface area contributed by atoms with Crippen LogP contribution in [0.25, 0.3) is 17.2 Å². The van der Waals surface area contributed by atoms with Crippen molar-refractivity contribution in [2.75, 3.05) is 21.3 Å². The molecule has 1 aromatic heterocycles. The minimum absolute atomic E-state index is 0.333. The van der Waals surface area contributed by atoms with E-state index in [1.54, 1.807) is 21.3 Å². The number of hydrogen-bond donors (Lipinski definition) is 1. The largest absolute Gasteiger partial charge is 0.493 e. The predicted molar refractivity (Wildman–Crippen MR) is 127 cm³/mol. The Bertz CT molecular complexity index is 1250. The van der Waals surface area contributed by atoms with Gasteiger partial charge in [-0.25, -0.2) is 4.79 Å². The molecule has 0 saturated heterocycles. The lowest BCUT2D eigenvalue weighted by atomic mass is 9.94. The van der Waals surface area contributed by atoms with Gasteiger partial charge in [-0.05, 0) is 50.1 Å². The first-order chi connectivity index (χ1) is 15.9. The number of carbonyl (C=O) groups excluding carboxylic acids is 1. The molecule has 4 rings (SSSR count). The topological polar surface area (TPSA) is 89.2 Å². The predicted octanol–water partition coefficient (Wildman–Crippen LogP) is 4.74. The molecule has 0 radical (unpaired) electrons. The zero-order chi connectivity index (χ0) is 23.7.